The van der Waals surface area contributed by atoms with Crippen LogP contribution in [0.5, 0.6) is 0 Å². The molecule has 140 valence electrons. The highest BCUT2D eigenvalue weighted by molar-refractivity contribution is 5.78. The van der Waals surface area contributed by atoms with Crippen molar-refractivity contribution in [3.8, 4) is 11.1 Å². The van der Waals surface area contributed by atoms with Gasteiger partial charge in [-0.25, -0.2) is 0 Å². The molecule has 0 bridgehead atoms. The molecule has 0 spiro atoms. The number of pyridine rings is 1. The molecule has 3 rings (SSSR count). The maximum absolute atomic E-state index is 12.5. The van der Waals surface area contributed by atoms with Crippen LogP contribution in [0.15, 0.2) is 24.5 Å². The van der Waals surface area contributed by atoms with Crippen LogP contribution < -0.4 is 0 Å². The molecule has 1 saturated heterocycles. The second-order valence-corrected chi connectivity index (χ2v) is 7.02. The summed E-state index contributed by atoms with van der Waals surface area (Å²) >= 11 is 0. The van der Waals surface area contributed by atoms with E-state index in [9.17, 15) is 4.79 Å². The van der Waals surface area contributed by atoms with E-state index in [4.69, 9.17) is 4.98 Å². The summed E-state index contributed by atoms with van der Waals surface area (Å²) in [5.41, 5.74) is 4.31. The molecule has 26 heavy (non-hydrogen) atoms. The third kappa shape index (κ3) is 3.96. The normalized spacial score (nSPS) is 17.6. The average Bonchev–Trinajstić information content (AvgIpc) is 3.24. The first-order valence-electron chi connectivity index (χ1n) is 9.51. The van der Waals surface area contributed by atoms with E-state index in [0.29, 0.717) is 6.54 Å². The van der Waals surface area contributed by atoms with Gasteiger partial charge in [0, 0.05) is 37.6 Å². The van der Waals surface area contributed by atoms with Crippen molar-refractivity contribution in [2.75, 3.05) is 26.2 Å². The van der Waals surface area contributed by atoms with E-state index in [1.807, 2.05) is 49.8 Å². The van der Waals surface area contributed by atoms with Crippen molar-refractivity contribution in [1.82, 2.24) is 24.6 Å². The first-order valence-corrected chi connectivity index (χ1v) is 9.51. The zero-order valence-corrected chi connectivity index (χ0v) is 16.3. The first kappa shape index (κ1) is 18.6. The Morgan fingerprint density at radius 2 is 2.04 bits per heavy atom. The van der Waals surface area contributed by atoms with Crippen molar-refractivity contribution in [1.29, 1.82) is 0 Å². The molecule has 1 amide bonds. The fourth-order valence-electron chi connectivity index (χ4n) is 3.80. The van der Waals surface area contributed by atoms with E-state index in [0.717, 1.165) is 55.0 Å². The molecule has 0 saturated carbocycles. The molecular weight excluding hydrogens is 326 g/mol. The number of aromatic nitrogens is 3. The monoisotopic (exact) mass is 355 g/mol. The highest BCUT2D eigenvalue weighted by Gasteiger charge is 2.30. The minimum atomic E-state index is 0.210. The van der Waals surface area contributed by atoms with E-state index in [1.165, 1.54) is 0 Å². The minimum Gasteiger partial charge on any atom is -0.342 e. The lowest BCUT2D eigenvalue weighted by Gasteiger charge is -2.27. The number of likely N-dealkylation sites (N-methyl/N-ethyl adjacent to an activating group) is 1. The summed E-state index contributed by atoms with van der Waals surface area (Å²) in [6.45, 7) is 9.06. The molecule has 2 aromatic heterocycles. The van der Waals surface area contributed by atoms with Gasteiger partial charge in [0.1, 0.15) is 0 Å². The smallest absolute Gasteiger partial charge is 0.236 e. The summed E-state index contributed by atoms with van der Waals surface area (Å²) in [7, 11) is 1.93. The molecule has 1 fully saturated rings. The Hall–Kier alpha value is -2.21. The summed E-state index contributed by atoms with van der Waals surface area (Å²) in [4.78, 5) is 21.5. The molecule has 1 aliphatic heterocycles. The summed E-state index contributed by atoms with van der Waals surface area (Å²) in [5, 5.41) is 4.28. The molecule has 1 atom stereocenters. The summed E-state index contributed by atoms with van der Waals surface area (Å²) in [6.07, 6.45) is 6.06. The summed E-state index contributed by atoms with van der Waals surface area (Å²) in [5.74, 6) is 0.210. The van der Waals surface area contributed by atoms with Crippen molar-refractivity contribution in [3.05, 3.63) is 35.9 Å². The van der Waals surface area contributed by atoms with Crippen LogP contribution in [0.1, 0.15) is 44.1 Å². The van der Waals surface area contributed by atoms with Crippen LogP contribution >= 0.6 is 0 Å². The maximum Gasteiger partial charge on any atom is 0.236 e. The zero-order valence-electron chi connectivity index (χ0n) is 16.3. The quantitative estimate of drug-likeness (QED) is 0.799. The fraction of sp³-hybridized carbons (Fsp3) is 0.550. The number of likely N-dealkylation sites (tertiary alicyclic amines) is 1. The second kappa shape index (κ2) is 7.99. The van der Waals surface area contributed by atoms with Gasteiger partial charge >= 0.3 is 0 Å². The van der Waals surface area contributed by atoms with Crippen molar-refractivity contribution in [3.63, 3.8) is 0 Å². The molecule has 2 aromatic rings. The molecule has 1 aliphatic rings. The number of amides is 1. The van der Waals surface area contributed by atoms with Gasteiger partial charge in [-0.1, -0.05) is 0 Å². The van der Waals surface area contributed by atoms with Crippen molar-refractivity contribution >= 4 is 5.91 Å². The predicted molar refractivity (Wildman–Crippen MR) is 103 cm³/mol. The SMILES string of the molecule is CCN(CC)C(=O)CN1CCCC1c1cc(-c2cnn(C)c2)cc(C)n1. The predicted octanol–water partition coefficient (Wildman–Crippen LogP) is 2.80. The molecule has 0 aromatic carbocycles. The first-order chi connectivity index (χ1) is 12.5. The van der Waals surface area contributed by atoms with Gasteiger partial charge in [-0.15, -0.1) is 0 Å². The van der Waals surface area contributed by atoms with E-state index in [1.54, 1.807) is 0 Å². The van der Waals surface area contributed by atoms with Gasteiger partial charge in [-0.2, -0.15) is 5.10 Å². The van der Waals surface area contributed by atoms with Crippen LogP contribution in [0, 0.1) is 6.92 Å². The topological polar surface area (TPSA) is 54.3 Å². The second-order valence-electron chi connectivity index (χ2n) is 7.02. The lowest BCUT2D eigenvalue weighted by atomic mass is 10.0. The van der Waals surface area contributed by atoms with Crippen LogP contribution in [-0.2, 0) is 11.8 Å². The van der Waals surface area contributed by atoms with Gasteiger partial charge in [0.05, 0.1) is 24.5 Å². The third-order valence-electron chi connectivity index (χ3n) is 5.17. The van der Waals surface area contributed by atoms with Gasteiger partial charge in [0.15, 0.2) is 0 Å². The standard InChI is InChI=1S/C20H29N5O/c1-5-24(6-2)20(26)14-25-9-7-8-19(25)18-11-16(10-15(3)22-18)17-12-21-23(4)13-17/h10-13,19H,5-9,14H2,1-4H3. The van der Waals surface area contributed by atoms with Crippen LogP contribution in [0.25, 0.3) is 11.1 Å². The highest BCUT2D eigenvalue weighted by Crippen LogP contribution is 2.33. The van der Waals surface area contributed by atoms with Crippen LogP contribution in [-0.4, -0.2) is 56.7 Å². The van der Waals surface area contributed by atoms with Crippen LogP contribution in [0.2, 0.25) is 0 Å². The number of hydrogen-bond acceptors (Lipinski definition) is 4. The Bertz CT molecular complexity index is 765. The molecule has 0 aliphatic carbocycles. The Balaban J connectivity index is 1.83. The molecule has 6 heteroatoms. The van der Waals surface area contributed by atoms with Crippen molar-refractivity contribution in [2.24, 2.45) is 7.05 Å². The lowest BCUT2D eigenvalue weighted by molar-refractivity contribution is -0.132. The zero-order chi connectivity index (χ0) is 18.7. The van der Waals surface area contributed by atoms with Crippen LogP contribution in [0.3, 0.4) is 0 Å². The van der Waals surface area contributed by atoms with E-state index in [-0.39, 0.29) is 11.9 Å². The molecule has 0 N–H and O–H groups in total. The third-order valence-corrected chi connectivity index (χ3v) is 5.17. The van der Waals surface area contributed by atoms with E-state index < -0.39 is 0 Å². The maximum atomic E-state index is 12.5. The Labute approximate surface area is 155 Å². The number of nitrogens with zero attached hydrogens (tertiary/aromatic N) is 5. The fourth-order valence-corrected chi connectivity index (χ4v) is 3.80. The van der Waals surface area contributed by atoms with Crippen molar-refractivity contribution < 1.29 is 4.79 Å². The van der Waals surface area contributed by atoms with Gasteiger partial charge in [-0.05, 0) is 57.9 Å². The van der Waals surface area contributed by atoms with Gasteiger partial charge in [-0.3, -0.25) is 19.4 Å². The van der Waals surface area contributed by atoms with Crippen LogP contribution in [0.4, 0.5) is 0 Å². The Morgan fingerprint density at radius 3 is 2.69 bits per heavy atom. The summed E-state index contributed by atoms with van der Waals surface area (Å²) in [6, 6.07) is 4.47. The average molecular weight is 355 g/mol. The molecule has 1 unspecified atom stereocenters. The van der Waals surface area contributed by atoms with Gasteiger partial charge in [0.2, 0.25) is 5.91 Å². The molecule has 0 radical (unpaired) electrons. The number of rotatable bonds is 6. The number of carbonyl (C=O) groups is 1. The van der Waals surface area contributed by atoms with Crippen molar-refractivity contribution in [2.45, 2.75) is 39.7 Å². The minimum absolute atomic E-state index is 0.210. The van der Waals surface area contributed by atoms with E-state index >= 15 is 0 Å². The Morgan fingerprint density at radius 1 is 1.27 bits per heavy atom. The highest BCUT2D eigenvalue weighted by atomic mass is 16.2. The van der Waals surface area contributed by atoms with Gasteiger partial charge in [0.25, 0.3) is 0 Å². The summed E-state index contributed by atoms with van der Waals surface area (Å²) < 4.78 is 1.81. The molecule has 6 nitrogen and oxygen atoms in total. The molecular formula is C20H29N5O. The van der Waals surface area contributed by atoms with Gasteiger partial charge < -0.3 is 4.90 Å². The number of aryl methyl sites for hydroxylation is 2. The molecule has 3 heterocycles. The Kier molecular flexibility index (Phi) is 5.71. The van der Waals surface area contributed by atoms with E-state index in [2.05, 4.69) is 22.1 Å². The largest absolute Gasteiger partial charge is 0.342 e. The number of hydrogen-bond donors (Lipinski definition) is 0. The lowest BCUT2D eigenvalue weighted by Crippen LogP contribution is -2.40. The number of carbonyl (C=O) groups excluding carboxylic acids is 1.